The summed E-state index contributed by atoms with van der Waals surface area (Å²) in [6, 6.07) is 11.1. The Bertz CT molecular complexity index is 1230. The third kappa shape index (κ3) is 3.49. The molecule has 0 aliphatic carbocycles. The zero-order valence-corrected chi connectivity index (χ0v) is 16.9. The fourth-order valence-corrected chi connectivity index (χ4v) is 4.53. The van der Waals surface area contributed by atoms with Crippen LogP contribution in [0.15, 0.2) is 65.6 Å². The van der Waals surface area contributed by atoms with Crippen LogP contribution in [-0.2, 0) is 9.59 Å². The summed E-state index contributed by atoms with van der Waals surface area (Å²) in [6.07, 6.45) is 0. The van der Waals surface area contributed by atoms with Gasteiger partial charge in [-0.1, -0.05) is 0 Å². The van der Waals surface area contributed by atoms with Crippen molar-refractivity contribution in [2.45, 2.75) is 13.0 Å². The van der Waals surface area contributed by atoms with Crippen molar-refractivity contribution >= 4 is 40.2 Å². The molecule has 0 bridgehead atoms. The number of benzene rings is 2. The number of hydrogen-bond donors (Lipinski definition) is 1. The molecule has 0 radical (unpaired) electrons. The van der Waals surface area contributed by atoms with Gasteiger partial charge in [-0.25, -0.2) is 4.39 Å². The van der Waals surface area contributed by atoms with Crippen molar-refractivity contribution in [2.24, 2.45) is 0 Å². The number of nitro groups is 1. The molecule has 1 aliphatic heterocycles. The summed E-state index contributed by atoms with van der Waals surface area (Å²) in [6.45, 7) is 1.82. The third-order valence-electron chi connectivity index (χ3n) is 5.05. The van der Waals surface area contributed by atoms with Crippen LogP contribution in [-0.4, -0.2) is 21.7 Å². The van der Waals surface area contributed by atoms with Crippen LogP contribution in [0.3, 0.4) is 0 Å². The maximum Gasteiger partial charge on any atom is 0.300 e. The number of aliphatic hydroxyl groups excluding tert-OH is 1. The Labute approximate surface area is 179 Å². The number of amides is 1. The Kier molecular flexibility index (Phi) is 5.12. The van der Waals surface area contributed by atoms with Gasteiger partial charge in [0.25, 0.3) is 17.4 Å². The van der Waals surface area contributed by atoms with Crippen LogP contribution in [0.1, 0.15) is 22.0 Å². The molecule has 31 heavy (non-hydrogen) atoms. The fourth-order valence-electron chi connectivity index (χ4n) is 3.51. The number of anilines is 1. The molecular formula is C22H15FN2O5S. The lowest BCUT2D eigenvalue weighted by molar-refractivity contribution is -0.384. The number of halogens is 1. The summed E-state index contributed by atoms with van der Waals surface area (Å²) >= 11 is 1.32. The molecule has 1 amide bonds. The summed E-state index contributed by atoms with van der Waals surface area (Å²) < 4.78 is 13.4. The normalized spacial score (nSPS) is 17.9. The number of rotatable bonds is 4. The molecule has 1 unspecified atom stereocenters. The molecular weight excluding hydrogens is 423 g/mol. The van der Waals surface area contributed by atoms with Gasteiger partial charge in [0.1, 0.15) is 17.6 Å². The SMILES string of the molecule is Cc1ccsc1C1/C(=C(/O)c2ccc([N+](=O)[O-])cc2)C(=O)C(=O)N1c1ccc(F)cc1. The second-order valence-electron chi connectivity index (χ2n) is 6.92. The van der Waals surface area contributed by atoms with Gasteiger partial charge in [0.05, 0.1) is 10.5 Å². The lowest BCUT2D eigenvalue weighted by Crippen LogP contribution is -2.29. The molecule has 1 N–H and O–H groups in total. The predicted molar refractivity (Wildman–Crippen MR) is 113 cm³/mol. The quantitative estimate of drug-likeness (QED) is 0.209. The van der Waals surface area contributed by atoms with E-state index in [1.807, 2.05) is 13.0 Å². The highest BCUT2D eigenvalue weighted by molar-refractivity contribution is 7.10. The number of nitrogens with zero attached hydrogens (tertiary/aromatic N) is 2. The Hall–Kier alpha value is -3.85. The van der Waals surface area contributed by atoms with Gasteiger partial charge >= 0.3 is 0 Å². The van der Waals surface area contributed by atoms with Gasteiger partial charge in [-0.3, -0.25) is 24.6 Å². The zero-order valence-electron chi connectivity index (χ0n) is 16.1. The van der Waals surface area contributed by atoms with Crippen molar-refractivity contribution in [3.8, 4) is 0 Å². The number of carbonyl (C=O) groups is 2. The van der Waals surface area contributed by atoms with Crippen molar-refractivity contribution in [2.75, 3.05) is 4.90 Å². The Morgan fingerprint density at radius 3 is 2.29 bits per heavy atom. The van der Waals surface area contributed by atoms with Crippen LogP contribution in [0.2, 0.25) is 0 Å². The number of nitro benzene ring substituents is 1. The zero-order chi connectivity index (χ0) is 22.3. The van der Waals surface area contributed by atoms with E-state index >= 15 is 0 Å². The van der Waals surface area contributed by atoms with Crippen molar-refractivity contribution in [3.63, 3.8) is 0 Å². The van der Waals surface area contributed by atoms with Gasteiger partial charge in [0, 0.05) is 28.3 Å². The number of hydrogen-bond acceptors (Lipinski definition) is 6. The molecule has 3 aromatic rings. The predicted octanol–water partition coefficient (Wildman–Crippen LogP) is 4.73. The van der Waals surface area contributed by atoms with Gasteiger partial charge in [-0.2, -0.15) is 0 Å². The number of thiophene rings is 1. The average Bonchev–Trinajstić information content (AvgIpc) is 3.29. The molecule has 1 fully saturated rings. The van der Waals surface area contributed by atoms with Crippen molar-refractivity contribution < 1.29 is 24.0 Å². The first kappa shape index (κ1) is 20.4. The first-order chi connectivity index (χ1) is 14.8. The van der Waals surface area contributed by atoms with Crippen LogP contribution in [0.25, 0.3) is 5.76 Å². The summed E-state index contributed by atoms with van der Waals surface area (Å²) in [5.74, 6) is -2.67. The minimum atomic E-state index is -0.916. The van der Waals surface area contributed by atoms with Gasteiger partial charge in [-0.05, 0) is 60.3 Å². The summed E-state index contributed by atoms with van der Waals surface area (Å²) in [5, 5.41) is 23.7. The second-order valence-corrected chi connectivity index (χ2v) is 7.87. The van der Waals surface area contributed by atoms with Crippen molar-refractivity contribution in [1.82, 2.24) is 0 Å². The standard InChI is InChI=1S/C22H15FN2O5S/c1-12-10-11-31-21(12)18-17(19(26)13-2-6-16(7-3-13)25(29)30)20(27)22(28)24(18)15-8-4-14(23)5-9-15/h2-11,18,26H,1H3/b19-17-. The average molecular weight is 438 g/mol. The minimum absolute atomic E-state index is 0.131. The van der Waals surface area contributed by atoms with E-state index in [0.717, 1.165) is 5.56 Å². The van der Waals surface area contributed by atoms with Gasteiger partial charge in [0.15, 0.2) is 0 Å². The molecule has 9 heteroatoms. The Balaban J connectivity index is 1.91. The third-order valence-corrected chi connectivity index (χ3v) is 6.12. The van der Waals surface area contributed by atoms with Crippen LogP contribution in [0.5, 0.6) is 0 Å². The van der Waals surface area contributed by atoms with E-state index in [-0.39, 0.29) is 16.8 Å². The smallest absolute Gasteiger partial charge is 0.300 e. The summed E-state index contributed by atoms with van der Waals surface area (Å²) in [4.78, 5) is 38.2. The molecule has 2 aromatic carbocycles. The summed E-state index contributed by atoms with van der Waals surface area (Å²) in [5.41, 5.74) is 0.993. The first-order valence-electron chi connectivity index (χ1n) is 9.15. The minimum Gasteiger partial charge on any atom is -0.507 e. The van der Waals surface area contributed by atoms with E-state index < -0.39 is 34.2 Å². The van der Waals surface area contributed by atoms with E-state index in [9.17, 15) is 29.2 Å². The van der Waals surface area contributed by atoms with E-state index in [1.165, 1.54) is 64.8 Å². The number of non-ortho nitro benzene ring substituents is 1. The molecule has 7 nitrogen and oxygen atoms in total. The van der Waals surface area contributed by atoms with Crippen LogP contribution < -0.4 is 4.90 Å². The lowest BCUT2D eigenvalue weighted by Gasteiger charge is -2.25. The Morgan fingerprint density at radius 1 is 1.10 bits per heavy atom. The van der Waals surface area contributed by atoms with Gasteiger partial charge in [-0.15, -0.1) is 11.3 Å². The molecule has 0 saturated carbocycles. The number of aliphatic hydroxyl groups is 1. The number of carbonyl (C=O) groups excluding carboxylic acids is 2. The lowest BCUT2D eigenvalue weighted by atomic mass is 9.98. The number of Topliss-reactive ketones (excluding diaryl/α,β-unsaturated/α-hetero) is 1. The van der Waals surface area contributed by atoms with E-state index in [2.05, 4.69) is 0 Å². The van der Waals surface area contributed by atoms with E-state index in [0.29, 0.717) is 10.6 Å². The monoisotopic (exact) mass is 438 g/mol. The molecule has 1 atom stereocenters. The van der Waals surface area contributed by atoms with Crippen molar-refractivity contribution in [3.05, 3.63) is 97.5 Å². The Morgan fingerprint density at radius 2 is 1.74 bits per heavy atom. The highest BCUT2D eigenvalue weighted by Crippen LogP contribution is 2.44. The van der Waals surface area contributed by atoms with Crippen LogP contribution in [0, 0.1) is 22.9 Å². The second kappa shape index (κ2) is 7.77. The molecule has 1 saturated heterocycles. The van der Waals surface area contributed by atoms with Crippen LogP contribution in [0.4, 0.5) is 15.8 Å². The largest absolute Gasteiger partial charge is 0.507 e. The van der Waals surface area contributed by atoms with E-state index in [4.69, 9.17) is 0 Å². The number of ketones is 1. The maximum atomic E-state index is 13.4. The topological polar surface area (TPSA) is 101 Å². The molecule has 0 spiro atoms. The molecule has 4 rings (SSSR count). The van der Waals surface area contributed by atoms with Crippen molar-refractivity contribution in [1.29, 1.82) is 0 Å². The number of aryl methyl sites for hydroxylation is 1. The first-order valence-corrected chi connectivity index (χ1v) is 10.0. The molecule has 1 aromatic heterocycles. The van der Waals surface area contributed by atoms with E-state index in [1.54, 1.807) is 5.38 Å². The fraction of sp³-hybridized carbons (Fsp3) is 0.0909. The molecule has 156 valence electrons. The van der Waals surface area contributed by atoms with Gasteiger partial charge in [0.2, 0.25) is 0 Å². The van der Waals surface area contributed by atoms with Crippen LogP contribution >= 0.6 is 11.3 Å². The highest BCUT2D eigenvalue weighted by Gasteiger charge is 2.47. The van der Waals surface area contributed by atoms with Gasteiger partial charge < -0.3 is 5.11 Å². The highest BCUT2D eigenvalue weighted by atomic mass is 32.1. The molecule has 2 heterocycles. The maximum absolute atomic E-state index is 13.4. The summed E-state index contributed by atoms with van der Waals surface area (Å²) in [7, 11) is 0. The molecule has 1 aliphatic rings.